The van der Waals surface area contributed by atoms with Gasteiger partial charge in [0.15, 0.2) is 10.6 Å². The number of H-pyrrole nitrogens is 1. The average molecular weight is 349 g/mol. The lowest BCUT2D eigenvalue weighted by Crippen LogP contribution is -2.53. The zero-order chi connectivity index (χ0) is 16.7. The Labute approximate surface area is 148 Å². The highest BCUT2D eigenvalue weighted by Gasteiger charge is 2.54. The average Bonchev–Trinajstić information content (AvgIpc) is 2.89. The Morgan fingerprint density at radius 1 is 1.29 bits per heavy atom. The fourth-order valence-corrected chi connectivity index (χ4v) is 6.01. The van der Waals surface area contributed by atoms with Crippen molar-refractivity contribution in [3.05, 3.63) is 10.6 Å². The summed E-state index contributed by atoms with van der Waals surface area (Å²) in [5.41, 5.74) is -0.0872. The van der Waals surface area contributed by atoms with Crippen molar-refractivity contribution < 1.29 is 4.79 Å². The second-order valence-electron chi connectivity index (χ2n) is 8.33. The summed E-state index contributed by atoms with van der Waals surface area (Å²) < 4.78 is 2.68. The molecule has 4 saturated carbocycles. The molecule has 5 nitrogen and oxygen atoms in total. The Bertz CT molecular complexity index is 642. The minimum atomic E-state index is -0.0872. The molecule has 4 aliphatic rings. The number of rotatable bonds is 6. The SMILES string of the molecule is CCCCn1c(CNC(=O)C23CC4CC(CC(C4)C2)C3)n[nH]c1=S. The smallest absolute Gasteiger partial charge is 0.226 e. The maximum absolute atomic E-state index is 13.0. The number of amides is 1. The van der Waals surface area contributed by atoms with E-state index in [1.165, 1.54) is 19.3 Å². The number of nitrogens with one attached hydrogen (secondary N) is 2. The van der Waals surface area contributed by atoms with E-state index in [-0.39, 0.29) is 11.3 Å². The maximum atomic E-state index is 13.0. The molecule has 5 rings (SSSR count). The van der Waals surface area contributed by atoms with Crippen molar-refractivity contribution in [1.29, 1.82) is 0 Å². The number of carbonyl (C=O) groups excluding carboxylic acids is 1. The Morgan fingerprint density at radius 2 is 1.92 bits per heavy atom. The van der Waals surface area contributed by atoms with Crippen LogP contribution in [0.1, 0.15) is 64.1 Å². The van der Waals surface area contributed by atoms with Gasteiger partial charge >= 0.3 is 0 Å². The molecule has 132 valence electrons. The van der Waals surface area contributed by atoms with E-state index in [2.05, 4.69) is 22.4 Å². The van der Waals surface area contributed by atoms with Gasteiger partial charge in [0.05, 0.1) is 6.54 Å². The van der Waals surface area contributed by atoms with Crippen LogP contribution in [0.3, 0.4) is 0 Å². The molecular weight excluding hydrogens is 320 g/mol. The van der Waals surface area contributed by atoms with Gasteiger partial charge in [-0.3, -0.25) is 9.89 Å². The van der Waals surface area contributed by atoms with Crippen molar-refractivity contribution in [1.82, 2.24) is 20.1 Å². The van der Waals surface area contributed by atoms with Gasteiger partial charge in [-0.15, -0.1) is 0 Å². The topological polar surface area (TPSA) is 62.7 Å². The molecule has 0 spiro atoms. The first-order valence-corrected chi connectivity index (χ1v) is 9.93. The Morgan fingerprint density at radius 3 is 2.50 bits per heavy atom. The normalized spacial score (nSPS) is 33.8. The number of aromatic amines is 1. The number of aromatic nitrogens is 3. The van der Waals surface area contributed by atoms with Gasteiger partial charge in [-0.05, 0) is 74.9 Å². The van der Waals surface area contributed by atoms with Gasteiger partial charge in [-0.1, -0.05) is 13.3 Å². The van der Waals surface area contributed by atoms with Crippen LogP contribution in [-0.4, -0.2) is 20.7 Å². The van der Waals surface area contributed by atoms with Crippen LogP contribution in [0.5, 0.6) is 0 Å². The lowest BCUT2D eigenvalue weighted by atomic mass is 9.49. The van der Waals surface area contributed by atoms with Crippen LogP contribution in [0.25, 0.3) is 0 Å². The standard InChI is InChI=1S/C18H28N4OS/c1-2-3-4-22-15(20-21-17(22)24)11-19-16(23)18-8-12-5-13(9-18)7-14(6-12)10-18/h12-14H,2-11H2,1H3,(H,19,23)(H,21,24). The molecule has 0 aromatic carbocycles. The van der Waals surface area contributed by atoms with Crippen molar-refractivity contribution in [2.75, 3.05) is 0 Å². The molecule has 0 unspecified atom stereocenters. The molecule has 0 aliphatic heterocycles. The summed E-state index contributed by atoms with van der Waals surface area (Å²) in [5, 5.41) is 10.4. The molecule has 24 heavy (non-hydrogen) atoms. The molecule has 1 amide bonds. The number of hydrogen-bond donors (Lipinski definition) is 2. The van der Waals surface area contributed by atoms with Crippen LogP contribution in [0.2, 0.25) is 0 Å². The Balaban J connectivity index is 1.43. The zero-order valence-electron chi connectivity index (χ0n) is 14.5. The first kappa shape index (κ1) is 16.3. The molecule has 4 aliphatic carbocycles. The largest absolute Gasteiger partial charge is 0.348 e. The van der Waals surface area contributed by atoms with Gasteiger partial charge in [0.1, 0.15) is 0 Å². The molecule has 0 atom stereocenters. The van der Waals surface area contributed by atoms with E-state index >= 15 is 0 Å². The molecule has 0 saturated heterocycles. The summed E-state index contributed by atoms with van der Waals surface area (Å²) in [6.45, 7) is 3.52. The van der Waals surface area contributed by atoms with Crippen molar-refractivity contribution in [3.8, 4) is 0 Å². The van der Waals surface area contributed by atoms with Gasteiger partial charge in [0.25, 0.3) is 0 Å². The fourth-order valence-electron chi connectivity index (χ4n) is 5.77. The zero-order valence-corrected chi connectivity index (χ0v) is 15.3. The Kier molecular flexibility index (Phi) is 4.27. The lowest BCUT2D eigenvalue weighted by molar-refractivity contribution is -0.146. The molecule has 4 bridgehead atoms. The first-order valence-electron chi connectivity index (χ1n) is 9.52. The van der Waals surface area contributed by atoms with Crippen LogP contribution >= 0.6 is 12.2 Å². The molecule has 4 fully saturated rings. The second kappa shape index (κ2) is 6.28. The minimum Gasteiger partial charge on any atom is -0.348 e. The third-order valence-electron chi connectivity index (χ3n) is 6.50. The number of unbranched alkanes of at least 4 members (excludes halogenated alkanes) is 1. The predicted octanol–water partition coefficient (Wildman–Crippen LogP) is 3.57. The molecule has 1 heterocycles. The Hall–Kier alpha value is -1.17. The van der Waals surface area contributed by atoms with Crippen molar-refractivity contribution in [2.45, 2.75) is 71.4 Å². The van der Waals surface area contributed by atoms with E-state index in [1.807, 2.05) is 4.57 Å². The number of hydrogen-bond acceptors (Lipinski definition) is 3. The summed E-state index contributed by atoms with van der Waals surface area (Å²) in [6, 6.07) is 0. The van der Waals surface area contributed by atoms with E-state index in [1.54, 1.807) is 0 Å². The summed E-state index contributed by atoms with van der Waals surface area (Å²) >= 11 is 5.31. The maximum Gasteiger partial charge on any atom is 0.226 e. The van der Waals surface area contributed by atoms with E-state index in [9.17, 15) is 4.79 Å². The van der Waals surface area contributed by atoms with Crippen molar-refractivity contribution in [2.24, 2.45) is 23.2 Å². The predicted molar refractivity (Wildman–Crippen MR) is 94.8 cm³/mol. The molecule has 1 aromatic rings. The summed E-state index contributed by atoms with van der Waals surface area (Å²) in [5.74, 6) is 3.49. The van der Waals surface area contributed by atoms with Crippen LogP contribution in [-0.2, 0) is 17.9 Å². The third kappa shape index (κ3) is 2.83. The monoisotopic (exact) mass is 348 g/mol. The van der Waals surface area contributed by atoms with E-state index < -0.39 is 0 Å². The second-order valence-corrected chi connectivity index (χ2v) is 8.72. The first-order chi connectivity index (χ1) is 11.6. The lowest BCUT2D eigenvalue weighted by Gasteiger charge is -2.55. The molecule has 0 radical (unpaired) electrons. The van der Waals surface area contributed by atoms with E-state index in [0.717, 1.165) is 62.2 Å². The van der Waals surface area contributed by atoms with Crippen LogP contribution < -0.4 is 5.32 Å². The fraction of sp³-hybridized carbons (Fsp3) is 0.833. The quantitative estimate of drug-likeness (QED) is 0.773. The summed E-state index contributed by atoms with van der Waals surface area (Å²) in [6.07, 6.45) is 9.59. The van der Waals surface area contributed by atoms with Crippen LogP contribution in [0, 0.1) is 27.9 Å². The number of carbonyl (C=O) groups is 1. The molecule has 1 aromatic heterocycles. The van der Waals surface area contributed by atoms with E-state index in [0.29, 0.717) is 11.3 Å². The van der Waals surface area contributed by atoms with Gasteiger partial charge in [-0.25, -0.2) is 0 Å². The van der Waals surface area contributed by atoms with Gasteiger partial charge in [-0.2, -0.15) is 5.10 Å². The minimum absolute atomic E-state index is 0.0872. The highest BCUT2D eigenvalue weighted by atomic mass is 32.1. The van der Waals surface area contributed by atoms with Crippen molar-refractivity contribution in [3.63, 3.8) is 0 Å². The highest BCUT2D eigenvalue weighted by molar-refractivity contribution is 7.71. The van der Waals surface area contributed by atoms with Crippen molar-refractivity contribution >= 4 is 18.1 Å². The van der Waals surface area contributed by atoms with Gasteiger partial charge in [0, 0.05) is 12.0 Å². The van der Waals surface area contributed by atoms with Crippen LogP contribution in [0.15, 0.2) is 0 Å². The number of nitrogens with zero attached hydrogens (tertiary/aromatic N) is 2. The molecule has 2 N–H and O–H groups in total. The van der Waals surface area contributed by atoms with E-state index in [4.69, 9.17) is 12.2 Å². The molecular formula is C18H28N4OS. The van der Waals surface area contributed by atoms with Gasteiger partial charge in [0.2, 0.25) is 5.91 Å². The highest BCUT2D eigenvalue weighted by Crippen LogP contribution is 2.60. The molecule has 6 heteroatoms. The third-order valence-corrected chi connectivity index (χ3v) is 6.81. The summed E-state index contributed by atoms with van der Waals surface area (Å²) in [4.78, 5) is 13.0. The summed E-state index contributed by atoms with van der Waals surface area (Å²) in [7, 11) is 0. The van der Waals surface area contributed by atoms with Gasteiger partial charge < -0.3 is 9.88 Å². The van der Waals surface area contributed by atoms with Crippen LogP contribution in [0.4, 0.5) is 0 Å².